The zero-order valence-electron chi connectivity index (χ0n) is 24.0. The molecule has 0 saturated carbocycles. The molecule has 0 N–H and O–H groups in total. The van der Waals surface area contributed by atoms with Gasteiger partial charge in [0.15, 0.2) is 0 Å². The maximum Gasteiger partial charge on any atom is 0.0598 e. The van der Waals surface area contributed by atoms with Crippen molar-refractivity contribution in [1.29, 1.82) is 0 Å². The highest BCUT2D eigenvalue weighted by Gasteiger charge is 2.15. The Morgan fingerprint density at radius 2 is 0.675 bits per heavy atom. The Labute approximate surface area is 261 Å². The van der Waals surface area contributed by atoms with E-state index >= 15 is 0 Å². The van der Waals surface area contributed by atoms with Crippen molar-refractivity contribution in [3.63, 3.8) is 0 Å². The Morgan fingerprint density at radius 3 is 1.02 bits per heavy atom. The number of halogens is 4. The average Bonchev–Trinajstić information content (AvgIpc) is 2.93. The zero-order chi connectivity index (χ0) is 28.5. The van der Waals surface area contributed by atoms with Crippen LogP contribution in [0.5, 0.6) is 0 Å². The highest BCUT2D eigenvalue weighted by Crippen LogP contribution is 2.39. The largest absolute Gasteiger partial charge is 0.0827 e. The van der Waals surface area contributed by atoms with Gasteiger partial charge in [-0.25, -0.2) is 0 Å². The quantitative estimate of drug-likeness (QED) is 0.117. The lowest BCUT2D eigenvalue weighted by atomic mass is 9.87. The van der Waals surface area contributed by atoms with Crippen LogP contribution in [0.2, 0.25) is 20.1 Å². The summed E-state index contributed by atoms with van der Waals surface area (Å²) < 4.78 is 0. The molecule has 0 aliphatic rings. The van der Waals surface area contributed by atoms with Crippen LogP contribution in [-0.4, -0.2) is 0 Å². The third kappa shape index (κ3) is 8.32. The van der Waals surface area contributed by atoms with E-state index in [9.17, 15) is 0 Å². The maximum absolute atomic E-state index is 6.47. The first-order chi connectivity index (χ1) is 19.4. The van der Waals surface area contributed by atoms with E-state index in [1.807, 2.05) is 24.3 Å². The van der Waals surface area contributed by atoms with E-state index in [1.165, 1.54) is 99.3 Å². The van der Waals surface area contributed by atoms with Crippen molar-refractivity contribution in [1.82, 2.24) is 0 Å². The molecule has 4 aromatic carbocycles. The summed E-state index contributed by atoms with van der Waals surface area (Å²) in [7, 11) is 0. The van der Waals surface area contributed by atoms with Crippen molar-refractivity contribution in [3.8, 4) is 11.1 Å². The van der Waals surface area contributed by atoms with Gasteiger partial charge in [0.2, 0.25) is 0 Å². The number of rotatable bonds is 15. The number of unbranched alkanes of at least 4 members (excludes halogenated alkanes) is 10. The fourth-order valence-electron chi connectivity index (χ4n) is 5.79. The van der Waals surface area contributed by atoms with E-state index in [0.717, 1.165) is 34.4 Å². The second-order valence-electron chi connectivity index (χ2n) is 11.3. The molecule has 4 rings (SSSR count). The summed E-state index contributed by atoms with van der Waals surface area (Å²) in [6, 6.07) is 17.4. The number of hydrogen-bond acceptors (Lipinski definition) is 0. The second kappa shape index (κ2) is 15.7. The van der Waals surface area contributed by atoms with Crippen LogP contribution in [0.4, 0.5) is 0 Å². The van der Waals surface area contributed by atoms with Gasteiger partial charge in [-0.05, 0) is 106 Å². The van der Waals surface area contributed by atoms with Crippen LogP contribution in [0.15, 0.2) is 48.5 Å². The van der Waals surface area contributed by atoms with Crippen LogP contribution in [0.3, 0.4) is 0 Å². The lowest BCUT2D eigenvalue weighted by molar-refractivity contribution is 0.607. The molecule has 0 radical (unpaired) electrons. The topological polar surface area (TPSA) is 0 Å². The summed E-state index contributed by atoms with van der Waals surface area (Å²) in [6.45, 7) is 4.54. The van der Waals surface area contributed by atoms with Gasteiger partial charge in [0.1, 0.15) is 0 Å². The SMILES string of the molecule is CCCCCCCCc1cc2cc(Cl)c(Cl)cc2cc1-c1cc2cc(Cl)c(Cl)cc2cc1CCCCCCCC. The maximum atomic E-state index is 6.47. The molecule has 40 heavy (non-hydrogen) atoms. The molecule has 0 saturated heterocycles. The molecule has 0 aromatic heterocycles. The molecule has 0 unspecified atom stereocenters. The van der Waals surface area contributed by atoms with E-state index in [1.54, 1.807) is 0 Å². The predicted molar refractivity (Wildman–Crippen MR) is 181 cm³/mol. The van der Waals surface area contributed by atoms with Crippen molar-refractivity contribution in [2.24, 2.45) is 0 Å². The normalized spacial score (nSPS) is 11.7. The molecular formula is C36H42Cl4. The van der Waals surface area contributed by atoms with Gasteiger partial charge in [-0.3, -0.25) is 0 Å². The predicted octanol–water partition coefficient (Wildman–Crippen LogP) is 14.1. The van der Waals surface area contributed by atoms with Crippen molar-refractivity contribution < 1.29 is 0 Å². The van der Waals surface area contributed by atoms with Crippen molar-refractivity contribution >= 4 is 67.9 Å². The van der Waals surface area contributed by atoms with Crippen LogP contribution in [0, 0.1) is 0 Å². The van der Waals surface area contributed by atoms with Gasteiger partial charge in [0, 0.05) is 0 Å². The van der Waals surface area contributed by atoms with Crippen molar-refractivity contribution in [2.75, 3.05) is 0 Å². The number of fused-ring (bicyclic) bond motifs is 2. The number of hydrogen-bond donors (Lipinski definition) is 0. The summed E-state index contributed by atoms with van der Waals surface area (Å²) in [5.41, 5.74) is 5.36. The molecule has 0 nitrogen and oxygen atoms in total. The van der Waals surface area contributed by atoms with Crippen LogP contribution >= 0.6 is 46.4 Å². The third-order valence-corrected chi connectivity index (χ3v) is 9.54. The van der Waals surface area contributed by atoms with Crippen LogP contribution < -0.4 is 0 Å². The molecular weight excluding hydrogens is 574 g/mol. The molecule has 0 amide bonds. The van der Waals surface area contributed by atoms with Crippen LogP contribution in [-0.2, 0) is 12.8 Å². The molecule has 0 aliphatic carbocycles. The summed E-state index contributed by atoms with van der Waals surface area (Å²) >= 11 is 25.8. The van der Waals surface area contributed by atoms with Crippen LogP contribution in [0.25, 0.3) is 32.7 Å². The Morgan fingerprint density at radius 1 is 0.375 bits per heavy atom. The van der Waals surface area contributed by atoms with Crippen molar-refractivity contribution in [3.05, 3.63) is 79.7 Å². The van der Waals surface area contributed by atoms with Crippen LogP contribution in [0.1, 0.15) is 102 Å². The Kier molecular flexibility index (Phi) is 12.4. The standard InChI is InChI=1S/C36H42Cl4/c1-3-5-7-9-11-13-15-25-17-27-21-33(37)35(39)23-29(27)19-31(25)32-20-30-24-36(40)34(38)22-28(30)18-26(32)16-14-12-10-8-6-4-2/h17-24H,3-16H2,1-2H3. The van der Waals surface area contributed by atoms with Gasteiger partial charge in [0.25, 0.3) is 0 Å². The minimum Gasteiger partial charge on any atom is -0.0827 e. The Hall–Kier alpha value is -1.44. The van der Waals surface area contributed by atoms with E-state index in [2.05, 4.69) is 38.1 Å². The molecule has 0 heterocycles. The molecule has 0 spiro atoms. The van der Waals surface area contributed by atoms with E-state index in [-0.39, 0.29) is 0 Å². The minimum absolute atomic E-state index is 0.594. The summed E-state index contributed by atoms with van der Waals surface area (Å²) in [4.78, 5) is 0. The Bertz CT molecular complexity index is 1310. The molecule has 0 atom stereocenters. The zero-order valence-corrected chi connectivity index (χ0v) is 27.1. The first-order valence-corrected chi connectivity index (χ1v) is 16.8. The number of aryl methyl sites for hydroxylation is 2. The van der Waals surface area contributed by atoms with Gasteiger partial charge in [-0.1, -0.05) is 137 Å². The lowest BCUT2D eigenvalue weighted by Gasteiger charge is -2.18. The Balaban J connectivity index is 1.76. The highest BCUT2D eigenvalue weighted by atomic mass is 35.5. The average molecular weight is 617 g/mol. The fourth-order valence-corrected chi connectivity index (χ4v) is 6.48. The molecule has 4 heteroatoms. The lowest BCUT2D eigenvalue weighted by Crippen LogP contribution is -1.97. The minimum atomic E-state index is 0.594. The van der Waals surface area contributed by atoms with Gasteiger partial charge in [0.05, 0.1) is 20.1 Å². The fraction of sp³-hybridized carbons (Fsp3) is 0.444. The van der Waals surface area contributed by atoms with Gasteiger partial charge in [-0.15, -0.1) is 0 Å². The third-order valence-electron chi connectivity index (χ3n) is 8.09. The monoisotopic (exact) mass is 614 g/mol. The molecule has 214 valence electrons. The molecule has 0 aliphatic heterocycles. The first-order valence-electron chi connectivity index (χ1n) is 15.2. The van der Waals surface area contributed by atoms with Crippen molar-refractivity contribution in [2.45, 2.75) is 104 Å². The summed E-state index contributed by atoms with van der Waals surface area (Å²) in [5, 5.41) is 6.93. The van der Waals surface area contributed by atoms with Gasteiger partial charge in [-0.2, -0.15) is 0 Å². The summed E-state index contributed by atoms with van der Waals surface area (Å²) in [6.07, 6.45) is 17.4. The first kappa shape index (κ1) is 31.5. The smallest absolute Gasteiger partial charge is 0.0598 e. The van der Waals surface area contributed by atoms with Gasteiger partial charge >= 0.3 is 0 Å². The highest BCUT2D eigenvalue weighted by molar-refractivity contribution is 6.43. The molecule has 4 aromatic rings. The molecule has 0 fully saturated rings. The van der Waals surface area contributed by atoms with Gasteiger partial charge < -0.3 is 0 Å². The second-order valence-corrected chi connectivity index (χ2v) is 12.9. The van der Waals surface area contributed by atoms with E-state index in [0.29, 0.717) is 20.1 Å². The van der Waals surface area contributed by atoms with E-state index < -0.39 is 0 Å². The molecule has 0 bridgehead atoms. The van der Waals surface area contributed by atoms with E-state index in [4.69, 9.17) is 46.4 Å². The summed E-state index contributed by atoms with van der Waals surface area (Å²) in [5.74, 6) is 0. The number of benzene rings is 4.